The van der Waals surface area contributed by atoms with Crippen molar-refractivity contribution in [1.29, 1.82) is 0 Å². The Morgan fingerprint density at radius 1 is 1.21 bits per heavy atom. The second kappa shape index (κ2) is 8.85. The van der Waals surface area contributed by atoms with Crippen molar-refractivity contribution in [3.8, 4) is 5.75 Å². The number of sulfonamides is 1. The van der Waals surface area contributed by atoms with Crippen LogP contribution in [0.2, 0.25) is 0 Å². The molecule has 2 N–H and O–H groups in total. The summed E-state index contributed by atoms with van der Waals surface area (Å²) in [5.41, 5.74) is 4.91. The molecule has 0 saturated carbocycles. The molecule has 0 atom stereocenters. The van der Waals surface area contributed by atoms with Gasteiger partial charge in [-0.1, -0.05) is 33.6 Å². The quantitative estimate of drug-likeness (QED) is 0.503. The number of hydrogen-bond donors (Lipinski definition) is 2. The molecular formula is C19H22BrN3O4S. The maximum absolute atomic E-state index is 12.9. The highest BCUT2D eigenvalue weighted by Gasteiger charge is 2.26. The Hall–Kier alpha value is -2.23. The van der Waals surface area contributed by atoms with Gasteiger partial charge in [0.15, 0.2) is 0 Å². The van der Waals surface area contributed by atoms with E-state index in [9.17, 15) is 18.3 Å². The number of nitrogens with one attached hydrogen (secondary N) is 1. The number of likely N-dealkylation sites (N-methyl/N-ethyl adjacent to an activating group) is 1. The highest BCUT2D eigenvalue weighted by molar-refractivity contribution is 9.10. The summed E-state index contributed by atoms with van der Waals surface area (Å²) < 4.78 is 27.5. The molecule has 0 fully saturated rings. The van der Waals surface area contributed by atoms with Crippen molar-refractivity contribution in [2.45, 2.75) is 25.7 Å². The van der Waals surface area contributed by atoms with Crippen LogP contribution in [0.15, 0.2) is 44.8 Å². The van der Waals surface area contributed by atoms with E-state index in [4.69, 9.17) is 0 Å². The van der Waals surface area contributed by atoms with Gasteiger partial charge in [-0.25, -0.2) is 13.8 Å². The number of carbonyl (C=O) groups is 1. The average Bonchev–Trinajstić information content (AvgIpc) is 2.56. The topological polar surface area (TPSA) is 99.1 Å². The fourth-order valence-corrected chi connectivity index (χ4v) is 4.76. The van der Waals surface area contributed by atoms with Crippen LogP contribution in [0, 0.1) is 20.8 Å². The van der Waals surface area contributed by atoms with E-state index in [1.807, 2.05) is 6.92 Å². The van der Waals surface area contributed by atoms with Crippen LogP contribution in [-0.2, 0) is 14.8 Å². The Bertz CT molecular complexity index is 1010. The number of rotatable bonds is 6. The number of amides is 1. The molecule has 28 heavy (non-hydrogen) atoms. The van der Waals surface area contributed by atoms with Crippen molar-refractivity contribution in [3.05, 3.63) is 57.1 Å². The second-order valence-electron chi connectivity index (χ2n) is 6.49. The van der Waals surface area contributed by atoms with Crippen LogP contribution in [-0.4, -0.2) is 43.5 Å². The van der Waals surface area contributed by atoms with Crippen molar-refractivity contribution in [3.63, 3.8) is 0 Å². The van der Waals surface area contributed by atoms with E-state index >= 15 is 0 Å². The number of benzene rings is 2. The van der Waals surface area contributed by atoms with Gasteiger partial charge in [-0.3, -0.25) is 4.79 Å². The first-order valence-electron chi connectivity index (χ1n) is 8.37. The van der Waals surface area contributed by atoms with Crippen molar-refractivity contribution in [2.24, 2.45) is 5.10 Å². The number of nitrogens with zero attached hydrogens (tertiary/aromatic N) is 2. The zero-order valence-electron chi connectivity index (χ0n) is 16.0. The van der Waals surface area contributed by atoms with E-state index in [0.717, 1.165) is 14.3 Å². The van der Waals surface area contributed by atoms with Gasteiger partial charge in [0.25, 0.3) is 5.91 Å². The van der Waals surface area contributed by atoms with Gasteiger partial charge in [0.05, 0.1) is 17.7 Å². The van der Waals surface area contributed by atoms with Crippen molar-refractivity contribution in [2.75, 3.05) is 13.6 Å². The first-order chi connectivity index (χ1) is 13.0. The Balaban J connectivity index is 2.09. The lowest BCUT2D eigenvalue weighted by Gasteiger charge is -2.19. The minimum absolute atomic E-state index is 0.00576. The SMILES string of the molecule is Cc1cc(C)c(S(=O)(=O)N(C)CC(=O)N/N=C/c2cc(Br)ccc2O)c(C)c1. The summed E-state index contributed by atoms with van der Waals surface area (Å²) in [7, 11) is -2.48. The maximum Gasteiger partial charge on any atom is 0.255 e. The molecule has 0 radical (unpaired) electrons. The molecule has 0 saturated heterocycles. The lowest BCUT2D eigenvalue weighted by molar-refractivity contribution is -0.121. The van der Waals surface area contributed by atoms with Crippen LogP contribution in [0.3, 0.4) is 0 Å². The van der Waals surface area contributed by atoms with Crippen LogP contribution in [0.5, 0.6) is 5.75 Å². The van der Waals surface area contributed by atoms with E-state index in [0.29, 0.717) is 16.7 Å². The van der Waals surface area contributed by atoms with Crippen molar-refractivity contribution >= 4 is 38.1 Å². The minimum atomic E-state index is -3.83. The largest absolute Gasteiger partial charge is 0.507 e. The molecule has 0 spiro atoms. The molecule has 0 bridgehead atoms. The third kappa shape index (κ3) is 5.18. The van der Waals surface area contributed by atoms with E-state index in [2.05, 4.69) is 26.5 Å². The lowest BCUT2D eigenvalue weighted by Crippen LogP contribution is -2.37. The molecule has 0 aliphatic carbocycles. The monoisotopic (exact) mass is 467 g/mol. The van der Waals surface area contributed by atoms with Gasteiger partial charge in [0, 0.05) is 17.1 Å². The van der Waals surface area contributed by atoms with E-state index in [-0.39, 0.29) is 10.6 Å². The number of hydrogen-bond acceptors (Lipinski definition) is 5. The third-order valence-corrected chi connectivity index (χ3v) is 6.62. The molecule has 0 aromatic heterocycles. The van der Waals surface area contributed by atoms with E-state index < -0.39 is 22.5 Å². The van der Waals surface area contributed by atoms with Gasteiger partial charge in [-0.2, -0.15) is 9.41 Å². The normalized spacial score (nSPS) is 11.9. The first kappa shape index (κ1) is 22.1. The minimum Gasteiger partial charge on any atom is -0.507 e. The third-order valence-electron chi connectivity index (χ3n) is 4.02. The number of aromatic hydroxyl groups is 1. The summed E-state index contributed by atoms with van der Waals surface area (Å²) >= 11 is 3.28. The predicted octanol–water partition coefficient (Wildman–Crippen LogP) is 2.85. The van der Waals surface area contributed by atoms with Gasteiger partial charge in [0.2, 0.25) is 10.0 Å². The summed E-state index contributed by atoms with van der Waals surface area (Å²) in [6, 6.07) is 8.37. The molecule has 2 rings (SSSR count). The molecule has 0 unspecified atom stereocenters. The summed E-state index contributed by atoms with van der Waals surface area (Å²) in [5, 5.41) is 13.5. The number of halogens is 1. The summed E-state index contributed by atoms with van der Waals surface area (Å²) in [6.07, 6.45) is 1.28. The average molecular weight is 468 g/mol. The molecule has 0 aliphatic heterocycles. The summed E-state index contributed by atoms with van der Waals surface area (Å²) in [4.78, 5) is 12.3. The highest BCUT2D eigenvalue weighted by Crippen LogP contribution is 2.24. The molecule has 7 nitrogen and oxygen atoms in total. The number of phenolic OH excluding ortho intramolecular Hbond substituents is 1. The van der Waals surface area contributed by atoms with Gasteiger partial charge < -0.3 is 5.11 Å². The van der Waals surface area contributed by atoms with Crippen LogP contribution in [0.25, 0.3) is 0 Å². The van der Waals surface area contributed by atoms with Gasteiger partial charge in [-0.15, -0.1) is 0 Å². The lowest BCUT2D eigenvalue weighted by atomic mass is 10.1. The van der Waals surface area contributed by atoms with Crippen molar-refractivity contribution < 1.29 is 18.3 Å². The van der Waals surface area contributed by atoms with Crippen LogP contribution < -0.4 is 5.43 Å². The molecular weight excluding hydrogens is 446 g/mol. The molecule has 1 amide bonds. The standard InChI is InChI=1S/C19H22BrN3O4S/c1-12-7-13(2)19(14(3)8-12)28(26,27)23(4)11-18(25)22-21-10-15-9-16(20)5-6-17(15)24/h5-10,24H,11H2,1-4H3,(H,22,25)/b21-10+. The van der Waals surface area contributed by atoms with E-state index in [1.54, 1.807) is 38.1 Å². The first-order valence-corrected chi connectivity index (χ1v) is 10.6. The molecule has 2 aromatic carbocycles. The smallest absolute Gasteiger partial charge is 0.255 e. The van der Waals surface area contributed by atoms with Crippen molar-refractivity contribution in [1.82, 2.24) is 9.73 Å². The van der Waals surface area contributed by atoms with E-state index in [1.165, 1.54) is 19.3 Å². The molecule has 2 aromatic rings. The van der Waals surface area contributed by atoms with Crippen LogP contribution >= 0.6 is 15.9 Å². The maximum atomic E-state index is 12.9. The molecule has 9 heteroatoms. The van der Waals surface area contributed by atoms with Crippen LogP contribution in [0.1, 0.15) is 22.3 Å². The Morgan fingerprint density at radius 2 is 1.82 bits per heavy atom. The molecule has 150 valence electrons. The number of carbonyl (C=O) groups excluding carboxylic acids is 1. The fraction of sp³-hybridized carbons (Fsp3) is 0.263. The van der Waals surface area contributed by atoms with Gasteiger partial charge in [-0.05, 0) is 50.1 Å². The Kier molecular flexibility index (Phi) is 6.97. The number of aryl methyl sites for hydroxylation is 3. The zero-order valence-corrected chi connectivity index (χ0v) is 18.4. The number of hydrazone groups is 1. The highest BCUT2D eigenvalue weighted by atomic mass is 79.9. The Morgan fingerprint density at radius 3 is 2.43 bits per heavy atom. The summed E-state index contributed by atoms with van der Waals surface area (Å²) in [6.45, 7) is 4.97. The van der Waals surface area contributed by atoms with Gasteiger partial charge in [0.1, 0.15) is 5.75 Å². The zero-order chi connectivity index (χ0) is 21.1. The summed E-state index contributed by atoms with van der Waals surface area (Å²) in [5.74, 6) is -0.592. The van der Waals surface area contributed by atoms with Gasteiger partial charge >= 0.3 is 0 Å². The molecule has 0 heterocycles. The van der Waals surface area contributed by atoms with Crippen LogP contribution in [0.4, 0.5) is 0 Å². The predicted molar refractivity (Wildman–Crippen MR) is 112 cm³/mol. The number of phenols is 1. The fourth-order valence-electron chi connectivity index (χ4n) is 2.85. The molecule has 0 aliphatic rings. The second-order valence-corrected chi connectivity index (χ2v) is 9.38. The Labute approximate surface area is 173 Å².